The molecule has 0 aromatic heterocycles. The number of ether oxygens (including phenoxy) is 2. The molecule has 3 aromatic rings. The average Bonchev–Trinajstić information content (AvgIpc) is 2.80. The van der Waals surface area contributed by atoms with Crippen molar-refractivity contribution in [2.24, 2.45) is 4.40 Å². The summed E-state index contributed by atoms with van der Waals surface area (Å²) in [6.07, 6.45) is -3.91. The SMILES string of the molecule is Cc1c(C(=O)Oc2ccccc2)c(OCc2ccccc2)cc(C=N[S@](=O)C(C)(C)C)c1C(F)(F)F. The topological polar surface area (TPSA) is 65.0 Å². The quantitative estimate of drug-likeness (QED) is 0.199. The molecule has 0 fully saturated rings. The molecule has 36 heavy (non-hydrogen) atoms. The van der Waals surface area contributed by atoms with Gasteiger partial charge in [-0.1, -0.05) is 48.5 Å². The standard InChI is InChI=1S/C27H26F3NO4S/c1-18-23(25(32)35-21-13-9-6-10-14-21)22(34-17-19-11-7-5-8-12-19)15-20(24(18)27(28,29)30)16-31-36(33)26(2,3)4/h5-16H,17H2,1-4H3/t36-/m1/s1. The first kappa shape index (κ1) is 27.1. The number of hydrogen-bond donors (Lipinski definition) is 0. The molecule has 0 unspecified atom stereocenters. The van der Waals surface area contributed by atoms with Gasteiger partial charge < -0.3 is 9.47 Å². The van der Waals surface area contributed by atoms with Crippen molar-refractivity contribution in [3.05, 3.63) is 94.5 Å². The Morgan fingerprint density at radius 3 is 2.14 bits per heavy atom. The lowest BCUT2D eigenvalue weighted by atomic mass is 9.95. The largest absolute Gasteiger partial charge is 0.488 e. The average molecular weight is 518 g/mol. The van der Waals surface area contributed by atoms with Gasteiger partial charge in [-0.15, -0.1) is 0 Å². The molecule has 0 heterocycles. The molecule has 0 aliphatic carbocycles. The summed E-state index contributed by atoms with van der Waals surface area (Å²) < 4.78 is 69.2. The molecule has 0 N–H and O–H groups in total. The summed E-state index contributed by atoms with van der Waals surface area (Å²) in [5, 5.41) is 0. The Bertz CT molecular complexity index is 1270. The predicted octanol–water partition coefficient (Wildman–Crippen LogP) is 6.69. The van der Waals surface area contributed by atoms with Crippen LogP contribution in [0.1, 0.15) is 53.4 Å². The maximum atomic E-state index is 14.2. The summed E-state index contributed by atoms with van der Waals surface area (Å²) in [4.78, 5) is 13.1. The van der Waals surface area contributed by atoms with E-state index in [0.717, 1.165) is 17.8 Å². The molecule has 1 atom stereocenters. The van der Waals surface area contributed by atoms with Crippen LogP contribution in [0.5, 0.6) is 11.5 Å². The monoisotopic (exact) mass is 517 g/mol. The highest BCUT2D eigenvalue weighted by atomic mass is 32.2. The Balaban J connectivity index is 2.15. The fraction of sp³-hybridized carbons (Fsp3) is 0.259. The van der Waals surface area contributed by atoms with E-state index in [1.807, 2.05) is 6.07 Å². The minimum absolute atomic E-state index is 0.00175. The first-order valence-corrected chi connectivity index (χ1v) is 12.1. The molecule has 3 rings (SSSR count). The van der Waals surface area contributed by atoms with Gasteiger partial charge in [-0.25, -0.2) is 9.00 Å². The molecule has 0 amide bonds. The van der Waals surface area contributed by atoms with E-state index in [1.54, 1.807) is 63.2 Å². The van der Waals surface area contributed by atoms with Crippen molar-refractivity contribution < 1.29 is 31.6 Å². The molecular formula is C27H26F3NO4S. The number of carbonyl (C=O) groups is 1. The molecule has 5 nitrogen and oxygen atoms in total. The summed E-state index contributed by atoms with van der Waals surface area (Å²) in [6, 6.07) is 18.1. The minimum Gasteiger partial charge on any atom is -0.488 e. The van der Waals surface area contributed by atoms with Crippen molar-refractivity contribution in [1.82, 2.24) is 0 Å². The van der Waals surface area contributed by atoms with E-state index >= 15 is 0 Å². The number of esters is 1. The molecule has 0 saturated carbocycles. The van der Waals surface area contributed by atoms with Crippen molar-refractivity contribution in [2.75, 3.05) is 0 Å². The maximum Gasteiger partial charge on any atom is 0.417 e. The first-order chi connectivity index (χ1) is 16.9. The molecule has 9 heteroatoms. The second kappa shape index (κ2) is 11.1. The van der Waals surface area contributed by atoms with E-state index in [9.17, 15) is 22.2 Å². The van der Waals surface area contributed by atoms with Crippen molar-refractivity contribution in [1.29, 1.82) is 0 Å². The maximum absolute atomic E-state index is 14.2. The third kappa shape index (κ3) is 6.81. The van der Waals surface area contributed by atoms with Crippen LogP contribution in [0.3, 0.4) is 0 Å². The molecule has 0 radical (unpaired) electrons. The molecule has 3 aromatic carbocycles. The van der Waals surface area contributed by atoms with Gasteiger partial charge in [-0.05, 0) is 57.0 Å². The highest BCUT2D eigenvalue weighted by molar-refractivity contribution is 7.85. The van der Waals surface area contributed by atoms with Gasteiger partial charge in [0, 0.05) is 11.8 Å². The van der Waals surface area contributed by atoms with Crippen molar-refractivity contribution in [3.63, 3.8) is 0 Å². The Labute approximate surface area is 210 Å². The van der Waals surface area contributed by atoms with E-state index in [1.165, 1.54) is 19.1 Å². The molecular weight excluding hydrogens is 491 g/mol. The van der Waals surface area contributed by atoms with Crippen LogP contribution in [0.15, 0.2) is 71.1 Å². The molecule has 190 valence electrons. The zero-order chi connectivity index (χ0) is 26.5. The first-order valence-electron chi connectivity index (χ1n) is 11.0. The van der Waals surface area contributed by atoms with Gasteiger partial charge in [0.05, 0.1) is 10.3 Å². The number of nitrogens with zero attached hydrogens (tertiary/aromatic N) is 1. The number of alkyl halides is 3. The zero-order valence-electron chi connectivity index (χ0n) is 20.3. The van der Waals surface area contributed by atoms with Gasteiger partial charge in [0.25, 0.3) is 0 Å². The van der Waals surface area contributed by atoms with Crippen molar-refractivity contribution >= 4 is 23.2 Å². The lowest BCUT2D eigenvalue weighted by molar-refractivity contribution is -0.138. The number of rotatable bonds is 7. The Morgan fingerprint density at radius 1 is 1.00 bits per heavy atom. The van der Waals surface area contributed by atoms with Gasteiger partial charge >= 0.3 is 12.1 Å². The van der Waals surface area contributed by atoms with Crippen LogP contribution in [-0.2, 0) is 23.8 Å². The van der Waals surface area contributed by atoms with Gasteiger partial charge in [0.2, 0.25) is 0 Å². The third-order valence-electron chi connectivity index (χ3n) is 5.06. The van der Waals surface area contributed by atoms with Gasteiger partial charge in [0.15, 0.2) is 0 Å². The van der Waals surface area contributed by atoms with Gasteiger partial charge in [0.1, 0.15) is 34.7 Å². The van der Waals surface area contributed by atoms with E-state index in [4.69, 9.17) is 9.47 Å². The second-order valence-corrected chi connectivity index (χ2v) is 10.8. The van der Waals surface area contributed by atoms with E-state index in [-0.39, 0.29) is 34.8 Å². The van der Waals surface area contributed by atoms with E-state index < -0.39 is 33.4 Å². The van der Waals surface area contributed by atoms with Crippen LogP contribution < -0.4 is 9.47 Å². The smallest absolute Gasteiger partial charge is 0.417 e. The number of benzene rings is 3. The molecule has 0 aliphatic rings. The summed E-state index contributed by atoms with van der Waals surface area (Å²) in [5.74, 6) is -0.919. The Kier molecular flexibility index (Phi) is 8.35. The van der Waals surface area contributed by atoms with Crippen LogP contribution in [0, 0.1) is 6.92 Å². The van der Waals surface area contributed by atoms with Gasteiger partial charge in [-0.2, -0.15) is 17.6 Å². The zero-order valence-corrected chi connectivity index (χ0v) is 21.1. The Morgan fingerprint density at radius 2 is 1.58 bits per heavy atom. The van der Waals surface area contributed by atoms with Crippen LogP contribution in [0.2, 0.25) is 0 Å². The molecule has 0 saturated heterocycles. The molecule has 0 spiro atoms. The minimum atomic E-state index is -4.83. The summed E-state index contributed by atoms with van der Waals surface area (Å²) in [7, 11) is -1.79. The lowest BCUT2D eigenvalue weighted by Crippen LogP contribution is -2.21. The molecule has 0 bridgehead atoms. The van der Waals surface area contributed by atoms with E-state index in [0.29, 0.717) is 0 Å². The number of halogens is 3. The predicted molar refractivity (Wildman–Crippen MR) is 134 cm³/mol. The molecule has 0 aliphatic heterocycles. The lowest BCUT2D eigenvalue weighted by Gasteiger charge is -2.20. The highest BCUT2D eigenvalue weighted by Crippen LogP contribution is 2.39. The second-order valence-electron chi connectivity index (χ2n) is 8.91. The Hall–Kier alpha value is -3.46. The van der Waals surface area contributed by atoms with E-state index in [2.05, 4.69) is 4.40 Å². The van der Waals surface area contributed by atoms with Crippen molar-refractivity contribution in [3.8, 4) is 11.5 Å². The number of para-hydroxylation sites is 1. The fourth-order valence-corrected chi connectivity index (χ4v) is 3.83. The van der Waals surface area contributed by atoms with Crippen molar-refractivity contribution in [2.45, 2.75) is 45.2 Å². The summed E-state index contributed by atoms with van der Waals surface area (Å²) in [5.41, 5.74) is -1.42. The van der Waals surface area contributed by atoms with Crippen LogP contribution in [-0.4, -0.2) is 21.1 Å². The number of carbonyl (C=O) groups excluding carboxylic acids is 1. The number of hydrogen-bond acceptors (Lipinski definition) is 4. The summed E-state index contributed by atoms with van der Waals surface area (Å²) >= 11 is 0. The van der Waals surface area contributed by atoms with Crippen LogP contribution in [0.4, 0.5) is 13.2 Å². The van der Waals surface area contributed by atoms with Crippen LogP contribution >= 0.6 is 0 Å². The fourth-order valence-electron chi connectivity index (χ4n) is 3.30. The van der Waals surface area contributed by atoms with Crippen LogP contribution in [0.25, 0.3) is 0 Å². The highest BCUT2D eigenvalue weighted by Gasteiger charge is 2.38. The normalized spacial score (nSPS) is 13.0. The van der Waals surface area contributed by atoms with Gasteiger partial charge in [-0.3, -0.25) is 0 Å². The third-order valence-corrected chi connectivity index (χ3v) is 6.41. The summed E-state index contributed by atoms with van der Waals surface area (Å²) in [6.45, 7) is 6.16.